The molecule has 0 saturated carbocycles. The highest BCUT2D eigenvalue weighted by Crippen LogP contribution is 2.33. The average Bonchev–Trinajstić information content (AvgIpc) is 2.56. The second-order valence-corrected chi connectivity index (χ2v) is 6.08. The zero-order valence-electron chi connectivity index (χ0n) is 13.2. The number of hydrogen-bond acceptors (Lipinski definition) is 6. The summed E-state index contributed by atoms with van der Waals surface area (Å²) < 4.78 is 11.6. The van der Waals surface area contributed by atoms with Crippen molar-refractivity contribution in [2.45, 2.75) is 24.5 Å². The Morgan fingerprint density at radius 2 is 2.13 bits per heavy atom. The van der Waals surface area contributed by atoms with Gasteiger partial charge in [-0.15, -0.1) is 0 Å². The van der Waals surface area contributed by atoms with Crippen molar-refractivity contribution in [1.82, 2.24) is 14.9 Å². The van der Waals surface area contributed by atoms with Crippen LogP contribution in [-0.4, -0.2) is 77.7 Å². The molecule has 0 aliphatic carbocycles. The van der Waals surface area contributed by atoms with Crippen LogP contribution >= 0.6 is 0 Å². The largest absolute Gasteiger partial charge is 0.465 e. The molecule has 3 heterocycles. The van der Waals surface area contributed by atoms with Crippen molar-refractivity contribution in [1.29, 1.82) is 0 Å². The van der Waals surface area contributed by atoms with Crippen molar-refractivity contribution in [3.8, 4) is 0 Å². The van der Waals surface area contributed by atoms with Crippen LogP contribution in [0.5, 0.6) is 0 Å². The Labute approximate surface area is 135 Å². The summed E-state index contributed by atoms with van der Waals surface area (Å²) in [4.78, 5) is 23.3. The summed E-state index contributed by atoms with van der Waals surface area (Å²) in [6, 6.07) is 1.79. The predicted molar refractivity (Wildman–Crippen MR) is 82.6 cm³/mol. The third-order valence-electron chi connectivity index (χ3n) is 4.45. The van der Waals surface area contributed by atoms with Crippen molar-refractivity contribution in [2.24, 2.45) is 0 Å². The van der Waals surface area contributed by atoms with Gasteiger partial charge in [0.25, 0.3) is 0 Å². The van der Waals surface area contributed by atoms with E-state index in [0.29, 0.717) is 51.6 Å². The molecule has 1 aromatic heterocycles. The standard InChI is InChI=1S/C15H22N4O4/c1-22-10-12-9-19(13-16-5-2-6-17-13)11-15(23-12)3-7-18(8-4-15)14(20)21/h2,5-6,12H,3-4,7-11H2,1H3,(H,20,21). The maximum absolute atomic E-state index is 11.1. The number of carbonyl (C=O) groups is 1. The summed E-state index contributed by atoms with van der Waals surface area (Å²) in [5, 5.41) is 9.13. The van der Waals surface area contributed by atoms with Crippen LogP contribution in [0.25, 0.3) is 0 Å². The Bertz CT molecular complexity index is 534. The van der Waals surface area contributed by atoms with Crippen LogP contribution in [0.15, 0.2) is 18.5 Å². The first kappa shape index (κ1) is 15.9. The Kier molecular flexibility index (Phi) is 4.63. The number of piperidine rings is 1. The highest BCUT2D eigenvalue weighted by molar-refractivity contribution is 5.65. The van der Waals surface area contributed by atoms with E-state index in [-0.39, 0.29) is 11.7 Å². The van der Waals surface area contributed by atoms with Crippen molar-refractivity contribution in [3.63, 3.8) is 0 Å². The van der Waals surface area contributed by atoms with E-state index < -0.39 is 6.09 Å². The van der Waals surface area contributed by atoms with Gasteiger partial charge in [0, 0.05) is 39.1 Å². The normalized spacial score (nSPS) is 24.0. The first-order valence-corrected chi connectivity index (χ1v) is 7.78. The topological polar surface area (TPSA) is 88.0 Å². The maximum atomic E-state index is 11.1. The van der Waals surface area contributed by atoms with E-state index >= 15 is 0 Å². The van der Waals surface area contributed by atoms with E-state index in [9.17, 15) is 4.79 Å². The summed E-state index contributed by atoms with van der Waals surface area (Å²) in [5.74, 6) is 0.678. The molecule has 2 aliphatic rings. The van der Waals surface area contributed by atoms with Crippen LogP contribution in [0.1, 0.15) is 12.8 Å². The lowest BCUT2D eigenvalue weighted by Crippen LogP contribution is -2.61. The fraction of sp³-hybridized carbons (Fsp3) is 0.667. The second kappa shape index (κ2) is 6.67. The number of likely N-dealkylation sites (tertiary alicyclic amines) is 1. The summed E-state index contributed by atoms with van der Waals surface area (Å²) in [6.07, 6.45) is 3.85. The zero-order chi connectivity index (χ0) is 16.3. The number of morpholine rings is 1. The van der Waals surface area contributed by atoms with Crippen LogP contribution in [0, 0.1) is 0 Å². The maximum Gasteiger partial charge on any atom is 0.407 e. The molecule has 126 valence electrons. The van der Waals surface area contributed by atoms with Gasteiger partial charge in [0.1, 0.15) is 0 Å². The number of amides is 1. The van der Waals surface area contributed by atoms with Crippen LogP contribution in [0.3, 0.4) is 0 Å². The average molecular weight is 322 g/mol. The van der Waals surface area contributed by atoms with Gasteiger partial charge in [0.05, 0.1) is 24.9 Å². The fourth-order valence-electron chi connectivity index (χ4n) is 3.35. The van der Waals surface area contributed by atoms with Gasteiger partial charge in [-0.1, -0.05) is 0 Å². The smallest absolute Gasteiger partial charge is 0.407 e. The van der Waals surface area contributed by atoms with Crippen LogP contribution in [-0.2, 0) is 9.47 Å². The van der Waals surface area contributed by atoms with Gasteiger partial charge in [-0.2, -0.15) is 0 Å². The van der Waals surface area contributed by atoms with Gasteiger partial charge in [-0.05, 0) is 18.9 Å². The number of anilines is 1. The molecule has 2 saturated heterocycles. The quantitative estimate of drug-likeness (QED) is 0.882. The van der Waals surface area contributed by atoms with Crippen LogP contribution in [0.4, 0.5) is 10.7 Å². The van der Waals surface area contributed by atoms with Gasteiger partial charge in [0.2, 0.25) is 5.95 Å². The van der Waals surface area contributed by atoms with E-state index in [1.165, 1.54) is 4.90 Å². The molecular weight excluding hydrogens is 300 g/mol. The molecule has 1 unspecified atom stereocenters. The Morgan fingerprint density at radius 3 is 2.74 bits per heavy atom. The van der Waals surface area contributed by atoms with E-state index in [0.717, 1.165) is 0 Å². The first-order chi connectivity index (χ1) is 11.1. The molecule has 2 aliphatic heterocycles. The van der Waals surface area contributed by atoms with E-state index in [2.05, 4.69) is 14.9 Å². The molecule has 8 nitrogen and oxygen atoms in total. The minimum absolute atomic E-state index is 0.0751. The van der Waals surface area contributed by atoms with Gasteiger partial charge in [-0.25, -0.2) is 14.8 Å². The predicted octanol–water partition coefficient (Wildman–Crippen LogP) is 0.841. The van der Waals surface area contributed by atoms with Crippen molar-refractivity contribution >= 4 is 12.0 Å². The summed E-state index contributed by atoms with van der Waals surface area (Å²) in [6.45, 7) is 2.80. The fourth-order valence-corrected chi connectivity index (χ4v) is 3.35. The summed E-state index contributed by atoms with van der Waals surface area (Å²) in [5.41, 5.74) is -0.368. The molecule has 1 aromatic rings. The third-order valence-corrected chi connectivity index (χ3v) is 4.45. The van der Waals surface area contributed by atoms with E-state index in [1.54, 1.807) is 25.6 Å². The Balaban J connectivity index is 1.76. The number of nitrogens with zero attached hydrogens (tertiary/aromatic N) is 4. The van der Waals surface area contributed by atoms with Crippen molar-refractivity contribution in [3.05, 3.63) is 18.5 Å². The molecule has 1 amide bonds. The highest BCUT2D eigenvalue weighted by Gasteiger charge is 2.44. The number of carboxylic acid groups (broad SMARTS) is 1. The third kappa shape index (κ3) is 3.53. The number of aromatic nitrogens is 2. The molecule has 23 heavy (non-hydrogen) atoms. The van der Waals surface area contributed by atoms with Gasteiger partial charge < -0.3 is 24.4 Å². The molecule has 1 spiro atoms. The van der Waals surface area contributed by atoms with Gasteiger partial charge in [0.15, 0.2) is 0 Å². The van der Waals surface area contributed by atoms with Gasteiger partial charge >= 0.3 is 6.09 Å². The molecular formula is C15H22N4O4. The Morgan fingerprint density at radius 1 is 1.43 bits per heavy atom. The SMILES string of the molecule is COCC1CN(c2ncccn2)CC2(CCN(C(=O)O)CC2)O1. The minimum atomic E-state index is -0.868. The minimum Gasteiger partial charge on any atom is -0.465 e. The lowest BCUT2D eigenvalue weighted by molar-refractivity contribution is -0.145. The first-order valence-electron chi connectivity index (χ1n) is 7.78. The lowest BCUT2D eigenvalue weighted by Gasteiger charge is -2.49. The zero-order valence-corrected chi connectivity index (χ0v) is 13.2. The van der Waals surface area contributed by atoms with Crippen molar-refractivity contribution < 1.29 is 19.4 Å². The Hall–Kier alpha value is -1.93. The van der Waals surface area contributed by atoms with Crippen LogP contribution in [0.2, 0.25) is 0 Å². The number of rotatable bonds is 3. The molecule has 1 atom stereocenters. The summed E-state index contributed by atoms with van der Waals surface area (Å²) >= 11 is 0. The van der Waals surface area contributed by atoms with E-state index in [4.69, 9.17) is 14.6 Å². The second-order valence-electron chi connectivity index (χ2n) is 6.08. The number of hydrogen-bond donors (Lipinski definition) is 1. The van der Waals surface area contributed by atoms with Crippen molar-refractivity contribution in [2.75, 3.05) is 44.8 Å². The molecule has 0 radical (unpaired) electrons. The molecule has 2 fully saturated rings. The van der Waals surface area contributed by atoms with Crippen LogP contribution < -0.4 is 4.90 Å². The highest BCUT2D eigenvalue weighted by atomic mass is 16.5. The lowest BCUT2D eigenvalue weighted by atomic mass is 9.88. The monoisotopic (exact) mass is 322 g/mol. The molecule has 1 N–H and O–H groups in total. The van der Waals surface area contributed by atoms with E-state index in [1.807, 2.05) is 0 Å². The molecule has 0 aromatic carbocycles. The molecule has 0 bridgehead atoms. The molecule has 8 heteroatoms. The molecule has 3 rings (SSSR count). The van der Waals surface area contributed by atoms with Gasteiger partial charge in [-0.3, -0.25) is 0 Å². The number of ether oxygens (including phenoxy) is 2. The number of methoxy groups -OCH3 is 1. The summed E-state index contributed by atoms with van der Waals surface area (Å²) in [7, 11) is 1.65.